The van der Waals surface area contributed by atoms with E-state index in [0.717, 1.165) is 17.4 Å². The number of ether oxygens (including phenoxy) is 3. The van der Waals surface area contributed by atoms with E-state index < -0.39 is 35.0 Å². The van der Waals surface area contributed by atoms with Gasteiger partial charge in [-0.1, -0.05) is 17.7 Å². The molecular weight excluding hydrogens is 678 g/mol. The van der Waals surface area contributed by atoms with Gasteiger partial charge in [-0.2, -0.15) is 15.2 Å². The molecule has 5 rings (SSSR count). The van der Waals surface area contributed by atoms with Gasteiger partial charge in [0, 0.05) is 29.9 Å². The minimum Gasteiger partial charge on any atom is -0.467 e. The first-order chi connectivity index (χ1) is 22.8. The maximum absolute atomic E-state index is 16.8. The fraction of sp³-hybridized carbons (Fsp3) is 0.441. The van der Waals surface area contributed by atoms with Gasteiger partial charge in [-0.25, -0.2) is 18.4 Å². The number of benzene rings is 2. The second-order valence-electron chi connectivity index (χ2n) is 13.7. The quantitative estimate of drug-likeness (QED) is 0.216. The van der Waals surface area contributed by atoms with Crippen LogP contribution in [0.3, 0.4) is 0 Å². The van der Waals surface area contributed by atoms with Gasteiger partial charge in [-0.05, 0) is 72.6 Å². The minimum atomic E-state index is -0.850. The number of hydrogen-bond donors (Lipinski definition) is 1. The van der Waals surface area contributed by atoms with Crippen molar-refractivity contribution < 1.29 is 32.6 Å². The highest BCUT2D eigenvalue weighted by molar-refractivity contribution is 7.23. The van der Waals surface area contributed by atoms with Crippen molar-refractivity contribution in [3.8, 4) is 23.2 Å². The number of likely N-dealkylation sites (tertiary alicyclic amines) is 1. The highest BCUT2D eigenvalue weighted by Crippen LogP contribution is 2.46. The van der Waals surface area contributed by atoms with Gasteiger partial charge in [0.25, 0.3) is 0 Å². The number of methoxy groups -OCH3 is 1. The fourth-order valence-corrected chi connectivity index (χ4v) is 7.28. The SMILES string of the molecule is COc1nc(N(C)[C@@H]2CCN(C(=O)OC(C)(C)C)[C@@H]2C)c2cc(Cl)c(-c3ccc(F)c4sc(NC(=O)OC(C)(C)C)c(C#N)c34)c(F)c2n1. The number of likely N-dealkylation sites (N-methyl/N-ethyl adjacent to an activating group) is 1. The Balaban J connectivity index is 1.63. The van der Waals surface area contributed by atoms with E-state index in [0.29, 0.717) is 18.8 Å². The molecule has 3 heterocycles. The summed E-state index contributed by atoms with van der Waals surface area (Å²) in [5.74, 6) is -1.20. The summed E-state index contributed by atoms with van der Waals surface area (Å²) in [4.78, 5) is 37.9. The standard InChI is InChI=1S/C34H37ClF2N6O5S/c1-16-22(12-13-43(16)32(45)48-34(5,6)7)42(8)28-18-14-20(35)24(25(37)26(18)39-30(40-28)46-9)17-10-11-21(36)27-23(17)19(15-38)29(49-27)41-31(44)47-33(2,3)4/h10-11,14,16,22H,12-13H2,1-9H3,(H,41,44)/t16-,22-/m1/s1. The van der Waals surface area contributed by atoms with E-state index in [9.17, 15) is 14.9 Å². The molecule has 1 N–H and O–H groups in total. The molecule has 0 spiro atoms. The first-order valence-electron chi connectivity index (χ1n) is 15.5. The smallest absolute Gasteiger partial charge is 0.412 e. The number of anilines is 2. The number of nitrogens with zero attached hydrogens (tertiary/aromatic N) is 5. The maximum atomic E-state index is 16.8. The fourth-order valence-electron chi connectivity index (χ4n) is 5.91. The van der Waals surface area contributed by atoms with E-state index in [1.165, 1.54) is 19.2 Å². The van der Waals surface area contributed by atoms with Crippen LogP contribution in [0.5, 0.6) is 6.01 Å². The number of nitriles is 1. The topological polar surface area (TPSA) is 130 Å². The number of carbonyl (C=O) groups is 2. The summed E-state index contributed by atoms with van der Waals surface area (Å²) in [5.41, 5.74) is -1.70. The molecule has 0 bridgehead atoms. The summed E-state index contributed by atoms with van der Waals surface area (Å²) in [6.45, 7) is 12.8. The molecule has 0 radical (unpaired) electrons. The van der Waals surface area contributed by atoms with Crippen LogP contribution in [0.1, 0.15) is 60.5 Å². The lowest BCUT2D eigenvalue weighted by molar-refractivity contribution is 0.0233. The molecule has 0 unspecified atom stereocenters. The highest BCUT2D eigenvalue weighted by Gasteiger charge is 2.39. The molecule has 260 valence electrons. The van der Waals surface area contributed by atoms with Gasteiger partial charge >= 0.3 is 18.2 Å². The number of carbonyl (C=O) groups excluding carboxylic acids is 2. The number of thiophene rings is 1. The van der Waals surface area contributed by atoms with Gasteiger partial charge in [-0.3, -0.25) is 5.32 Å². The van der Waals surface area contributed by atoms with Crippen LogP contribution in [-0.2, 0) is 9.47 Å². The molecule has 2 aromatic carbocycles. The largest absolute Gasteiger partial charge is 0.467 e. The van der Waals surface area contributed by atoms with Crippen LogP contribution in [0, 0.1) is 23.0 Å². The van der Waals surface area contributed by atoms with Gasteiger partial charge in [0.2, 0.25) is 0 Å². The van der Waals surface area contributed by atoms with Crippen LogP contribution in [-0.4, -0.2) is 71.0 Å². The summed E-state index contributed by atoms with van der Waals surface area (Å²) in [6.07, 6.45) is -0.680. The van der Waals surface area contributed by atoms with Crippen LogP contribution < -0.4 is 15.0 Å². The van der Waals surface area contributed by atoms with Crippen molar-refractivity contribution in [2.45, 2.75) is 78.2 Å². The zero-order valence-electron chi connectivity index (χ0n) is 28.6. The first kappa shape index (κ1) is 35.8. The highest BCUT2D eigenvalue weighted by atomic mass is 35.5. The average molecular weight is 715 g/mol. The van der Waals surface area contributed by atoms with E-state index in [1.54, 1.807) is 53.5 Å². The normalized spacial score (nSPS) is 16.5. The summed E-state index contributed by atoms with van der Waals surface area (Å²) in [6, 6.07) is 5.38. The van der Waals surface area contributed by atoms with Crippen LogP contribution in [0.25, 0.3) is 32.1 Å². The number of halogens is 3. The average Bonchev–Trinajstić information content (AvgIpc) is 3.56. The molecule has 0 aliphatic carbocycles. The Labute approximate surface area is 291 Å². The molecular formula is C34H37ClF2N6O5S. The molecule has 2 amide bonds. The van der Waals surface area contributed by atoms with Gasteiger partial charge in [-0.15, -0.1) is 11.3 Å². The van der Waals surface area contributed by atoms with Gasteiger partial charge in [0.15, 0.2) is 5.82 Å². The van der Waals surface area contributed by atoms with E-state index >= 15 is 8.78 Å². The number of nitrogens with one attached hydrogen (secondary N) is 1. The molecule has 1 saturated heterocycles. The Kier molecular flexibility index (Phi) is 9.57. The molecule has 2 aromatic heterocycles. The summed E-state index contributed by atoms with van der Waals surface area (Å²) in [5, 5.41) is 13.0. The van der Waals surface area contributed by atoms with Crippen molar-refractivity contribution in [2.24, 2.45) is 0 Å². The third-order valence-corrected chi connectivity index (χ3v) is 9.40. The maximum Gasteiger partial charge on any atom is 0.412 e. The predicted octanol–water partition coefficient (Wildman–Crippen LogP) is 8.50. The van der Waals surface area contributed by atoms with Crippen molar-refractivity contribution in [2.75, 3.05) is 30.9 Å². The van der Waals surface area contributed by atoms with Crippen molar-refractivity contribution in [3.05, 3.63) is 40.4 Å². The summed E-state index contributed by atoms with van der Waals surface area (Å²) < 4.78 is 48.3. The number of rotatable bonds is 5. The van der Waals surface area contributed by atoms with Crippen LogP contribution in [0.4, 0.5) is 29.2 Å². The third-order valence-electron chi connectivity index (χ3n) is 7.99. The number of fused-ring (bicyclic) bond motifs is 2. The molecule has 49 heavy (non-hydrogen) atoms. The monoisotopic (exact) mass is 714 g/mol. The molecule has 2 atom stereocenters. The van der Waals surface area contributed by atoms with Gasteiger partial charge in [0.05, 0.1) is 34.5 Å². The minimum absolute atomic E-state index is 0.0149. The Morgan fingerprint density at radius 2 is 1.82 bits per heavy atom. The van der Waals surface area contributed by atoms with Crippen molar-refractivity contribution in [1.29, 1.82) is 5.26 Å². The molecule has 0 saturated carbocycles. The van der Waals surface area contributed by atoms with Crippen LogP contribution in [0.15, 0.2) is 18.2 Å². The third kappa shape index (κ3) is 7.00. The number of aromatic nitrogens is 2. The van der Waals surface area contributed by atoms with Crippen molar-refractivity contribution in [1.82, 2.24) is 14.9 Å². The van der Waals surface area contributed by atoms with Crippen molar-refractivity contribution in [3.63, 3.8) is 0 Å². The Morgan fingerprint density at radius 3 is 2.43 bits per heavy atom. The Hall–Kier alpha value is -4.48. The van der Waals surface area contributed by atoms with E-state index in [4.69, 9.17) is 25.8 Å². The number of hydrogen-bond acceptors (Lipinski definition) is 10. The lowest BCUT2D eigenvalue weighted by Gasteiger charge is -2.33. The van der Waals surface area contributed by atoms with Crippen LogP contribution in [0.2, 0.25) is 5.02 Å². The Bertz CT molecular complexity index is 2020. The molecule has 1 fully saturated rings. The van der Waals surface area contributed by atoms with Crippen LogP contribution >= 0.6 is 22.9 Å². The van der Waals surface area contributed by atoms with Gasteiger partial charge < -0.3 is 24.0 Å². The molecule has 1 aliphatic heterocycles. The molecule has 15 heteroatoms. The first-order valence-corrected chi connectivity index (χ1v) is 16.7. The van der Waals surface area contributed by atoms with Gasteiger partial charge in [0.1, 0.15) is 39.4 Å². The number of amides is 2. The zero-order valence-corrected chi connectivity index (χ0v) is 30.2. The second-order valence-corrected chi connectivity index (χ2v) is 15.1. The molecule has 4 aromatic rings. The second kappa shape index (κ2) is 13.1. The molecule has 1 aliphatic rings. The Morgan fingerprint density at radius 1 is 1.14 bits per heavy atom. The van der Waals surface area contributed by atoms with E-state index in [1.807, 2.05) is 17.9 Å². The summed E-state index contributed by atoms with van der Waals surface area (Å²) >= 11 is 7.65. The van der Waals surface area contributed by atoms with Crippen molar-refractivity contribution >= 4 is 66.9 Å². The lowest BCUT2D eigenvalue weighted by atomic mass is 9.97. The zero-order chi connectivity index (χ0) is 36.2. The van der Waals surface area contributed by atoms with E-state index in [-0.39, 0.29) is 65.8 Å². The van der Waals surface area contributed by atoms with E-state index in [2.05, 4.69) is 15.3 Å². The summed E-state index contributed by atoms with van der Waals surface area (Å²) in [7, 11) is 3.14. The predicted molar refractivity (Wildman–Crippen MR) is 186 cm³/mol. The molecule has 11 nitrogen and oxygen atoms in total. The lowest BCUT2D eigenvalue weighted by Crippen LogP contribution is -2.45.